The van der Waals surface area contributed by atoms with Gasteiger partial charge >= 0.3 is 0 Å². The minimum atomic E-state index is -0.282. The maximum atomic E-state index is 13.3. The number of anilines is 3. The Morgan fingerprint density at radius 2 is 1.61 bits per heavy atom. The van der Waals surface area contributed by atoms with Crippen molar-refractivity contribution < 1.29 is 4.39 Å². The molecular formula is C15H17FN2. The quantitative estimate of drug-likeness (QED) is 0.814. The van der Waals surface area contributed by atoms with E-state index in [2.05, 4.69) is 18.2 Å². The minimum absolute atomic E-state index is 0.282. The molecule has 0 atom stereocenters. The van der Waals surface area contributed by atoms with E-state index in [0.29, 0.717) is 11.4 Å². The predicted molar refractivity (Wildman–Crippen MR) is 74.8 cm³/mol. The first-order valence-corrected chi connectivity index (χ1v) is 5.84. The van der Waals surface area contributed by atoms with E-state index in [9.17, 15) is 4.39 Å². The summed E-state index contributed by atoms with van der Waals surface area (Å²) in [5.74, 6) is -0.282. The van der Waals surface area contributed by atoms with Crippen molar-refractivity contribution >= 4 is 17.1 Å². The highest BCUT2D eigenvalue weighted by Gasteiger charge is 2.09. The van der Waals surface area contributed by atoms with Crippen LogP contribution in [0.25, 0.3) is 0 Å². The standard InChI is InChI=1S/C15H17FN2/c1-10-6-11(2)8-13(7-10)18(3)15-9-12(16)4-5-14(15)17/h4-9H,17H2,1-3H3. The molecule has 0 heterocycles. The molecule has 2 aromatic rings. The number of rotatable bonds is 2. The second kappa shape index (κ2) is 4.69. The molecule has 2 rings (SSSR count). The molecule has 0 bridgehead atoms. The van der Waals surface area contributed by atoms with E-state index >= 15 is 0 Å². The van der Waals surface area contributed by atoms with Crippen LogP contribution >= 0.6 is 0 Å². The molecule has 0 saturated carbocycles. The molecule has 0 saturated heterocycles. The minimum Gasteiger partial charge on any atom is -0.397 e. The Hall–Kier alpha value is -2.03. The third-order valence-electron chi connectivity index (χ3n) is 2.95. The Kier molecular flexibility index (Phi) is 3.24. The molecule has 0 aliphatic carbocycles. The zero-order chi connectivity index (χ0) is 13.3. The molecule has 2 N–H and O–H groups in total. The highest BCUT2D eigenvalue weighted by Crippen LogP contribution is 2.30. The Bertz CT molecular complexity index is 558. The average Bonchev–Trinajstić information content (AvgIpc) is 2.30. The third-order valence-corrected chi connectivity index (χ3v) is 2.95. The molecule has 18 heavy (non-hydrogen) atoms. The topological polar surface area (TPSA) is 29.3 Å². The lowest BCUT2D eigenvalue weighted by Gasteiger charge is -2.22. The fourth-order valence-corrected chi connectivity index (χ4v) is 2.09. The van der Waals surface area contributed by atoms with Gasteiger partial charge in [0.05, 0.1) is 11.4 Å². The van der Waals surface area contributed by atoms with Gasteiger partial charge in [-0.05, 0) is 55.3 Å². The molecule has 94 valence electrons. The van der Waals surface area contributed by atoms with Crippen LogP contribution in [0.15, 0.2) is 36.4 Å². The molecule has 0 aromatic heterocycles. The molecule has 0 unspecified atom stereocenters. The first-order valence-electron chi connectivity index (χ1n) is 5.84. The molecule has 2 aromatic carbocycles. The maximum absolute atomic E-state index is 13.3. The second-order valence-electron chi connectivity index (χ2n) is 4.61. The summed E-state index contributed by atoms with van der Waals surface area (Å²) in [7, 11) is 1.89. The average molecular weight is 244 g/mol. The number of nitrogen functional groups attached to an aromatic ring is 1. The van der Waals surface area contributed by atoms with Crippen molar-refractivity contribution in [1.29, 1.82) is 0 Å². The fraction of sp³-hybridized carbons (Fsp3) is 0.200. The third kappa shape index (κ3) is 2.45. The zero-order valence-electron chi connectivity index (χ0n) is 10.9. The summed E-state index contributed by atoms with van der Waals surface area (Å²) in [6.45, 7) is 4.08. The van der Waals surface area contributed by atoms with Gasteiger partial charge in [0.25, 0.3) is 0 Å². The van der Waals surface area contributed by atoms with Gasteiger partial charge in [-0.2, -0.15) is 0 Å². The van der Waals surface area contributed by atoms with E-state index in [-0.39, 0.29) is 5.82 Å². The van der Waals surface area contributed by atoms with Crippen LogP contribution in [-0.2, 0) is 0 Å². The number of nitrogens with two attached hydrogens (primary N) is 1. The van der Waals surface area contributed by atoms with Crippen molar-refractivity contribution in [3.05, 3.63) is 53.3 Å². The van der Waals surface area contributed by atoms with Crippen molar-refractivity contribution in [2.24, 2.45) is 0 Å². The Balaban J connectivity index is 2.47. The fourth-order valence-electron chi connectivity index (χ4n) is 2.09. The largest absolute Gasteiger partial charge is 0.397 e. The van der Waals surface area contributed by atoms with Crippen molar-refractivity contribution in [3.63, 3.8) is 0 Å². The van der Waals surface area contributed by atoms with Crippen molar-refractivity contribution in [3.8, 4) is 0 Å². The van der Waals surface area contributed by atoms with Crippen LogP contribution in [0.4, 0.5) is 21.5 Å². The van der Waals surface area contributed by atoms with Crippen molar-refractivity contribution in [1.82, 2.24) is 0 Å². The highest BCUT2D eigenvalue weighted by molar-refractivity contribution is 5.74. The Morgan fingerprint density at radius 1 is 1.00 bits per heavy atom. The molecule has 0 aliphatic heterocycles. The van der Waals surface area contributed by atoms with Crippen LogP contribution in [0, 0.1) is 19.7 Å². The zero-order valence-corrected chi connectivity index (χ0v) is 10.9. The van der Waals surface area contributed by atoms with Crippen LogP contribution in [0.3, 0.4) is 0 Å². The van der Waals surface area contributed by atoms with E-state index in [4.69, 9.17) is 5.73 Å². The summed E-state index contributed by atoms with van der Waals surface area (Å²) in [4.78, 5) is 1.90. The first kappa shape index (κ1) is 12.4. The lowest BCUT2D eigenvalue weighted by atomic mass is 10.1. The van der Waals surface area contributed by atoms with Gasteiger partial charge in [-0.3, -0.25) is 0 Å². The number of hydrogen-bond donors (Lipinski definition) is 1. The van der Waals surface area contributed by atoms with Crippen LogP contribution in [-0.4, -0.2) is 7.05 Å². The Morgan fingerprint density at radius 3 is 2.22 bits per heavy atom. The van der Waals surface area contributed by atoms with E-state index < -0.39 is 0 Å². The van der Waals surface area contributed by atoms with Crippen LogP contribution in [0.1, 0.15) is 11.1 Å². The molecule has 0 aliphatic rings. The van der Waals surface area contributed by atoms with E-state index in [1.807, 2.05) is 25.8 Å². The molecule has 0 amide bonds. The monoisotopic (exact) mass is 244 g/mol. The first-order chi connectivity index (χ1) is 8.47. The SMILES string of the molecule is Cc1cc(C)cc(N(C)c2cc(F)ccc2N)c1. The van der Waals surface area contributed by atoms with Crippen LogP contribution < -0.4 is 10.6 Å². The summed E-state index contributed by atoms with van der Waals surface area (Å²) in [5.41, 5.74) is 10.5. The summed E-state index contributed by atoms with van der Waals surface area (Å²) >= 11 is 0. The van der Waals surface area contributed by atoms with Crippen molar-refractivity contribution in [2.45, 2.75) is 13.8 Å². The van der Waals surface area contributed by atoms with Gasteiger partial charge in [-0.1, -0.05) is 6.07 Å². The second-order valence-corrected chi connectivity index (χ2v) is 4.61. The summed E-state index contributed by atoms with van der Waals surface area (Å²) < 4.78 is 13.3. The number of hydrogen-bond acceptors (Lipinski definition) is 2. The normalized spacial score (nSPS) is 10.4. The van der Waals surface area contributed by atoms with Gasteiger partial charge in [0.2, 0.25) is 0 Å². The number of halogens is 1. The van der Waals surface area contributed by atoms with Gasteiger partial charge in [-0.15, -0.1) is 0 Å². The highest BCUT2D eigenvalue weighted by atomic mass is 19.1. The van der Waals surface area contributed by atoms with Gasteiger partial charge in [-0.25, -0.2) is 4.39 Å². The predicted octanol–water partition coefficient (Wildman–Crippen LogP) is 3.79. The maximum Gasteiger partial charge on any atom is 0.125 e. The smallest absolute Gasteiger partial charge is 0.125 e. The number of nitrogens with zero attached hydrogens (tertiary/aromatic N) is 1. The van der Waals surface area contributed by atoms with E-state index in [1.54, 1.807) is 6.07 Å². The molecule has 0 radical (unpaired) electrons. The van der Waals surface area contributed by atoms with Gasteiger partial charge in [0, 0.05) is 12.7 Å². The molecule has 2 nitrogen and oxygen atoms in total. The Labute approximate surface area is 107 Å². The number of aryl methyl sites for hydroxylation is 2. The lowest BCUT2D eigenvalue weighted by Crippen LogP contribution is -2.12. The molecule has 3 heteroatoms. The summed E-state index contributed by atoms with van der Waals surface area (Å²) in [5, 5.41) is 0. The van der Waals surface area contributed by atoms with Crippen LogP contribution in [0.5, 0.6) is 0 Å². The lowest BCUT2D eigenvalue weighted by molar-refractivity contribution is 0.628. The molecule has 0 spiro atoms. The van der Waals surface area contributed by atoms with Gasteiger partial charge in [0.15, 0.2) is 0 Å². The molecule has 0 fully saturated rings. The summed E-state index contributed by atoms with van der Waals surface area (Å²) in [6, 6.07) is 10.6. The number of benzene rings is 2. The van der Waals surface area contributed by atoms with Crippen molar-refractivity contribution in [2.75, 3.05) is 17.7 Å². The van der Waals surface area contributed by atoms with E-state index in [0.717, 1.165) is 5.69 Å². The van der Waals surface area contributed by atoms with Crippen LogP contribution in [0.2, 0.25) is 0 Å². The van der Waals surface area contributed by atoms with Gasteiger partial charge in [0.1, 0.15) is 5.82 Å². The summed E-state index contributed by atoms with van der Waals surface area (Å²) in [6.07, 6.45) is 0. The van der Waals surface area contributed by atoms with E-state index in [1.165, 1.54) is 23.3 Å². The van der Waals surface area contributed by atoms with Gasteiger partial charge < -0.3 is 10.6 Å². The molecular weight excluding hydrogens is 227 g/mol.